The maximum absolute atomic E-state index is 2.87. The van der Waals surface area contributed by atoms with Crippen LogP contribution in [0.15, 0.2) is 0 Å². The number of unbranched alkanes of at least 4 members (excludes halogenated alkanes) is 2. The first-order valence-corrected chi connectivity index (χ1v) is 11.6. The predicted octanol–water partition coefficient (Wildman–Crippen LogP) is 6.35. The van der Waals surface area contributed by atoms with E-state index < -0.39 is 0 Å². The molecule has 0 aromatic rings. The second kappa shape index (κ2) is 9.92. The van der Waals surface area contributed by atoms with E-state index in [4.69, 9.17) is 0 Å². The van der Waals surface area contributed by atoms with Gasteiger partial charge >= 0.3 is 0 Å². The normalized spacial score (nSPS) is 26.1. The average Bonchev–Trinajstić information content (AvgIpc) is 2.54. The Kier molecular flexibility index (Phi) is 8.47. The summed E-state index contributed by atoms with van der Waals surface area (Å²) in [5, 5.41) is 0. The molecule has 0 radical (unpaired) electrons. The summed E-state index contributed by atoms with van der Waals surface area (Å²) in [7, 11) is 0. The lowest BCUT2D eigenvalue weighted by atomic mass is 9.86. The molecule has 2 rings (SSSR count). The molecule has 2 aliphatic heterocycles. The fourth-order valence-electron chi connectivity index (χ4n) is 5.07. The number of fused-ring (bicyclic) bond motifs is 1. The van der Waals surface area contributed by atoms with Gasteiger partial charge in [-0.05, 0) is 88.4 Å². The Morgan fingerprint density at radius 3 is 1.35 bits per heavy atom. The molecule has 0 saturated carbocycles. The minimum Gasteiger partial charge on any atom is -0.299 e. The number of nitrogens with zero attached hydrogens (tertiary/aromatic N) is 2. The third kappa shape index (κ3) is 7.89. The standard InChI is InChI=1S/C24H48N2/c1-23(2,3)15-7-9-17-25-19-11-14-22-21(25)13-12-20-26(22)18-10-8-16-24(4,5)6/h21-22H,7-20H2,1-6H3. The summed E-state index contributed by atoms with van der Waals surface area (Å²) in [5.41, 5.74) is 0.998. The van der Waals surface area contributed by atoms with Crippen molar-refractivity contribution in [1.82, 2.24) is 9.80 Å². The summed E-state index contributed by atoms with van der Waals surface area (Å²) in [4.78, 5) is 5.75. The Bertz CT molecular complexity index is 352. The first-order valence-electron chi connectivity index (χ1n) is 11.6. The van der Waals surface area contributed by atoms with Crippen molar-refractivity contribution in [1.29, 1.82) is 0 Å². The first-order chi connectivity index (χ1) is 12.2. The van der Waals surface area contributed by atoms with E-state index in [1.54, 1.807) is 0 Å². The Morgan fingerprint density at radius 2 is 1.00 bits per heavy atom. The van der Waals surface area contributed by atoms with Crippen LogP contribution in [0.25, 0.3) is 0 Å². The van der Waals surface area contributed by atoms with E-state index in [1.807, 2.05) is 0 Å². The smallest absolute Gasteiger partial charge is 0.0252 e. The second-order valence-corrected chi connectivity index (χ2v) is 11.5. The highest BCUT2D eigenvalue weighted by atomic mass is 15.3. The third-order valence-electron chi connectivity index (χ3n) is 6.52. The maximum atomic E-state index is 2.87. The zero-order valence-corrected chi connectivity index (χ0v) is 18.9. The fourth-order valence-corrected chi connectivity index (χ4v) is 5.07. The molecule has 0 aliphatic carbocycles. The maximum Gasteiger partial charge on any atom is 0.0252 e. The van der Waals surface area contributed by atoms with Crippen molar-refractivity contribution in [3.05, 3.63) is 0 Å². The summed E-state index contributed by atoms with van der Waals surface area (Å²) in [6.07, 6.45) is 14.0. The van der Waals surface area contributed by atoms with Gasteiger partial charge in [-0.25, -0.2) is 0 Å². The quantitative estimate of drug-likeness (QED) is 0.463. The van der Waals surface area contributed by atoms with E-state index in [0.717, 1.165) is 12.1 Å². The number of piperidine rings is 2. The summed E-state index contributed by atoms with van der Waals surface area (Å²) < 4.78 is 0. The molecule has 0 aromatic carbocycles. The van der Waals surface area contributed by atoms with Gasteiger partial charge in [0.1, 0.15) is 0 Å². The van der Waals surface area contributed by atoms with Crippen molar-refractivity contribution in [2.75, 3.05) is 26.2 Å². The van der Waals surface area contributed by atoms with Crippen LogP contribution < -0.4 is 0 Å². The predicted molar refractivity (Wildman–Crippen MR) is 116 cm³/mol. The van der Waals surface area contributed by atoms with Crippen LogP contribution in [0.5, 0.6) is 0 Å². The van der Waals surface area contributed by atoms with Gasteiger partial charge in [0.05, 0.1) is 0 Å². The highest BCUT2D eigenvalue weighted by molar-refractivity contribution is 4.94. The van der Waals surface area contributed by atoms with Gasteiger partial charge in [-0.15, -0.1) is 0 Å². The van der Waals surface area contributed by atoms with Crippen LogP contribution in [-0.4, -0.2) is 48.1 Å². The van der Waals surface area contributed by atoms with Gasteiger partial charge in [0.25, 0.3) is 0 Å². The molecule has 2 nitrogen and oxygen atoms in total. The van der Waals surface area contributed by atoms with Gasteiger partial charge in [-0.1, -0.05) is 54.4 Å². The molecular formula is C24H48N2. The van der Waals surface area contributed by atoms with Crippen LogP contribution in [0, 0.1) is 10.8 Å². The Labute approximate surface area is 165 Å². The van der Waals surface area contributed by atoms with Crippen LogP contribution in [0.1, 0.15) is 106 Å². The van der Waals surface area contributed by atoms with Crippen LogP contribution in [0.4, 0.5) is 0 Å². The van der Waals surface area contributed by atoms with Crippen molar-refractivity contribution in [2.24, 2.45) is 10.8 Å². The van der Waals surface area contributed by atoms with Crippen molar-refractivity contribution >= 4 is 0 Å². The van der Waals surface area contributed by atoms with Crippen molar-refractivity contribution < 1.29 is 0 Å². The summed E-state index contributed by atoms with van der Waals surface area (Å²) >= 11 is 0. The highest BCUT2D eigenvalue weighted by Gasteiger charge is 2.37. The highest BCUT2D eigenvalue weighted by Crippen LogP contribution is 2.31. The molecule has 2 heterocycles. The SMILES string of the molecule is CC(C)(C)CCCCN1CCCC2C1CCCN2CCCCC(C)(C)C. The largest absolute Gasteiger partial charge is 0.299 e. The van der Waals surface area contributed by atoms with E-state index in [9.17, 15) is 0 Å². The van der Waals surface area contributed by atoms with Gasteiger partial charge in [-0.3, -0.25) is 9.80 Å². The molecule has 2 aliphatic rings. The number of rotatable bonds is 8. The Balaban J connectivity index is 1.76. The molecule has 0 bridgehead atoms. The van der Waals surface area contributed by atoms with Gasteiger partial charge in [0, 0.05) is 12.1 Å². The van der Waals surface area contributed by atoms with Crippen molar-refractivity contribution in [2.45, 2.75) is 118 Å². The second-order valence-electron chi connectivity index (χ2n) is 11.5. The molecule has 2 fully saturated rings. The topological polar surface area (TPSA) is 6.48 Å². The zero-order chi connectivity index (χ0) is 19.2. The molecule has 2 heteroatoms. The number of likely N-dealkylation sites (tertiary alicyclic amines) is 2. The summed E-state index contributed by atoms with van der Waals surface area (Å²) in [6.45, 7) is 19.7. The molecule has 154 valence electrons. The summed E-state index contributed by atoms with van der Waals surface area (Å²) in [6, 6.07) is 1.71. The van der Waals surface area contributed by atoms with E-state index in [0.29, 0.717) is 10.8 Å². The van der Waals surface area contributed by atoms with Gasteiger partial charge in [0.2, 0.25) is 0 Å². The molecule has 0 amide bonds. The van der Waals surface area contributed by atoms with Crippen LogP contribution in [0.2, 0.25) is 0 Å². The van der Waals surface area contributed by atoms with Crippen molar-refractivity contribution in [3.63, 3.8) is 0 Å². The van der Waals surface area contributed by atoms with E-state index in [1.165, 1.54) is 90.4 Å². The van der Waals surface area contributed by atoms with Crippen molar-refractivity contribution in [3.8, 4) is 0 Å². The zero-order valence-electron chi connectivity index (χ0n) is 18.9. The van der Waals surface area contributed by atoms with Crippen LogP contribution in [-0.2, 0) is 0 Å². The minimum atomic E-state index is 0.499. The molecule has 2 unspecified atom stereocenters. The van der Waals surface area contributed by atoms with Crippen LogP contribution in [0.3, 0.4) is 0 Å². The summed E-state index contributed by atoms with van der Waals surface area (Å²) in [5.74, 6) is 0. The van der Waals surface area contributed by atoms with Gasteiger partial charge < -0.3 is 0 Å². The molecule has 26 heavy (non-hydrogen) atoms. The number of hydrogen-bond donors (Lipinski definition) is 0. The van der Waals surface area contributed by atoms with Crippen LogP contribution >= 0.6 is 0 Å². The molecule has 2 saturated heterocycles. The Hall–Kier alpha value is -0.0800. The fraction of sp³-hybridized carbons (Fsp3) is 1.00. The lowest BCUT2D eigenvalue weighted by Crippen LogP contribution is -2.58. The molecular weight excluding hydrogens is 316 g/mol. The van der Waals surface area contributed by atoms with Gasteiger partial charge in [0.15, 0.2) is 0 Å². The van der Waals surface area contributed by atoms with E-state index >= 15 is 0 Å². The number of hydrogen-bond acceptors (Lipinski definition) is 2. The van der Waals surface area contributed by atoms with E-state index in [-0.39, 0.29) is 0 Å². The lowest BCUT2D eigenvalue weighted by Gasteiger charge is -2.49. The molecule has 0 aromatic heterocycles. The van der Waals surface area contributed by atoms with E-state index in [2.05, 4.69) is 51.3 Å². The molecule has 2 atom stereocenters. The third-order valence-corrected chi connectivity index (χ3v) is 6.52. The molecule has 0 N–H and O–H groups in total. The average molecular weight is 365 g/mol. The minimum absolute atomic E-state index is 0.499. The molecule has 0 spiro atoms. The first kappa shape index (κ1) is 22.2. The monoisotopic (exact) mass is 364 g/mol. The Morgan fingerprint density at radius 1 is 0.615 bits per heavy atom. The van der Waals surface area contributed by atoms with Gasteiger partial charge in [-0.2, -0.15) is 0 Å². The lowest BCUT2D eigenvalue weighted by molar-refractivity contribution is 0.00442.